The predicted molar refractivity (Wildman–Crippen MR) is 116 cm³/mol. The second-order valence-electron chi connectivity index (χ2n) is 8.47. The van der Waals surface area contributed by atoms with Gasteiger partial charge in [0.15, 0.2) is 11.5 Å². The van der Waals surface area contributed by atoms with Crippen LogP contribution in [0.25, 0.3) is 11.2 Å². The van der Waals surface area contributed by atoms with Crippen molar-refractivity contribution >= 4 is 28.7 Å². The Labute approximate surface area is 187 Å². The van der Waals surface area contributed by atoms with Crippen molar-refractivity contribution in [1.82, 2.24) is 29.5 Å². The number of fused-ring (bicyclic) bond motifs is 1. The van der Waals surface area contributed by atoms with Crippen molar-refractivity contribution in [3.8, 4) is 0 Å². The quantitative estimate of drug-likeness (QED) is 0.573. The monoisotopic (exact) mass is 458 g/mol. The number of nitrogens with zero attached hydrogens (tertiary/aromatic N) is 8. The van der Waals surface area contributed by atoms with Gasteiger partial charge in [0.05, 0.1) is 17.8 Å². The highest BCUT2D eigenvalue weighted by atomic mass is 19.3. The second kappa shape index (κ2) is 8.16. The zero-order chi connectivity index (χ0) is 23.2. The maximum absolute atomic E-state index is 13.4. The van der Waals surface area contributed by atoms with Gasteiger partial charge in [0.1, 0.15) is 17.9 Å². The van der Waals surface area contributed by atoms with Crippen LogP contribution in [0.5, 0.6) is 0 Å². The molecule has 5 heterocycles. The van der Waals surface area contributed by atoms with Crippen molar-refractivity contribution in [2.45, 2.75) is 45.7 Å². The summed E-state index contributed by atoms with van der Waals surface area (Å²) in [6.45, 7) is 3.51. The summed E-state index contributed by atoms with van der Waals surface area (Å²) in [7, 11) is 0. The van der Waals surface area contributed by atoms with Crippen LogP contribution in [0.4, 0.5) is 20.4 Å². The van der Waals surface area contributed by atoms with Crippen molar-refractivity contribution in [3.63, 3.8) is 0 Å². The molecular weight excluding hydrogens is 434 g/mol. The van der Waals surface area contributed by atoms with Crippen LogP contribution >= 0.6 is 0 Å². The lowest BCUT2D eigenvalue weighted by Crippen LogP contribution is -2.45. The molecule has 2 saturated heterocycles. The Hall–Kier alpha value is -3.44. The highest BCUT2D eigenvalue weighted by Crippen LogP contribution is 2.43. The number of aryl methyl sites for hydroxylation is 1. The maximum atomic E-state index is 13.4. The number of carbonyl (C=O) groups excluding carboxylic acids is 1. The van der Waals surface area contributed by atoms with Crippen LogP contribution in [-0.2, 0) is 17.9 Å². The summed E-state index contributed by atoms with van der Waals surface area (Å²) in [5.74, 6) is 1.13. The van der Waals surface area contributed by atoms with Gasteiger partial charge in [0, 0.05) is 32.2 Å². The van der Waals surface area contributed by atoms with E-state index >= 15 is 0 Å². The molecule has 0 atom stereocenters. The van der Waals surface area contributed by atoms with Crippen LogP contribution in [0.15, 0.2) is 29.3 Å². The minimum absolute atomic E-state index is 0.0347. The molecule has 1 amide bonds. The number of aromatic nitrogens is 6. The Morgan fingerprint density at radius 3 is 2.52 bits per heavy atom. The zero-order valence-electron chi connectivity index (χ0n) is 18.2. The number of halogens is 2. The Bertz CT molecular complexity index is 1250. The number of carbonyl (C=O) groups is 1. The Morgan fingerprint density at radius 1 is 1.03 bits per heavy atom. The van der Waals surface area contributed by atoms with Gasteiger partial charge >= 0.3 is 0 Å². The van der Waals surface area contributed by atoms with Crippen molar-refractivity contribution in [2.75, 3.05) is 29.4 Å². The fraction of sp³-hybridized carbons (Fsp3) is 0.524. The van der Waals surface area contributed by atoms with Crippen LogP contribution in [0.1, 0.15) is 26.2 Å². The molecule has 3 aromatic rings. The molecular formula is C21H24F2N8O2. The van der Waals surface area contributed by atoms with Gasteiger partial charge in [-0.15, -0.1) is 0 Å². The molecule has 0 unspecified atom stereocenters. The van der Waals surface area contributed by atoms with Gasteiger partial charge in [0.25, 0.3) is 12.0 Å². The Balaban J connectivity index is 1.32. The van der Waals surface area contributed by atoms with Crippen molar-refractivity contribution in [2.24, 2.45) is 5.41 Å². The lowest BCUT2D eigenvalue weighted by Gasteiger charge is -2.38. The van der Waals surface area contributed by atoms with E-state index < -0.39 is 18.4 Å². The van der Waals surface area contributed by atoms with Gasteiger partial charge in [-0.3, -0.25) is 14.5 Å². The van der Waals surface area contributed by atoms with Gasteiger partial charge in [-0.1, -0.05) is 0 Å². The molecule has 2 aliphatic rings. The van der Waals surface area contributed by atoms with Crippen LogP contribution in [0.3, 0.4) is 0 Å². The molecule has 12 heteroatoms. The van der Waals surface area contributed by atoms with E-state index in [1.807, 2.05) is 11.8 Å². The second-order valence-corrected chi connectivity index (χ2v) is 8.47. The lowest BCUT2D eigenvalue weighted by molar-refractivity contribution is -0.126. The maximum Gasteiger partial charge on any atom is 0.266 e. The van der Waals surface area contributed by atoms with Crippen LogP contribution in [0.2, 0.25) is 0 Å². The fourth-order valence-electron chi connectivity index (χ4n) is 4.73. The molecule has 5 rings (SSSR count). The topological polar surface area (TPSA) is 102 Å². The van der Waals surface area contributed by atoms with E-state index in [4.69, 9.17) is 0 Å². The molecule has 3 aromatic heterocycles. The van der Waals surface area contributed by atoms with Crippen molar-refractivity contribution < 1.29 is 13.6 Å². The van der Waals surface area contributed by atoms with E-state index in [-0.39, 0.29) is 11.5 Å². The Morgan fingerprint density at radius 2 is 1.79 bits per heavy atom. The van der Waals surface area contributed by atoms with Crippen LogP contribution in [-0.4, -0.2) is 61.5 Å². The van der Waals surface area contributed by atoms with Gasteiger partial charge in [-0.25, -0.2) is 28.1 Å². The number of anilines is 2. The number of hydrogen-bond acceptors (Lipinski definition) is 7. The smallest absolute Gasteiger partial charge is 0.266 e. The van der Waals surface area contributed by atoms with Gasteiger partial charge in [0.2, 0.25) is 5.91 Å². The summed E-state index contributed by atoms with van der Waals surface area (Å²) in [6, 6.07) is 3.05. The van der Waals surface area contributed by atoms with Crippen LogP contribution in [0, 0.1) is 5.41 Å². The molecule has 174 valence electrons. The zero-order valence-corrected chi connectivity index (χ0v) is 18.2. The average Bonchev–Trinajstić information content (AvgIpc) is 3.35. The minimum atomic E-state index is -2.53. The first kappa shape index (κ1) is 21.4. The molecule has 0 aromatic carbocycles. The first-order valence-electron chi connectivity index (χ1n) is 11.0. The normalized spacial score (nSPS) is 18.2. The van der Waals surface area contributed by atoms with Crippen molar-refractivity contribution in [1.29, 1.82) is 0 Å². The first-order chi connectivity index (χ1) is 15.9. The van der Waals surface area contributed by atoms with E-state index in [1.54, 1.807) is 17.2 Å². The first-order valence-corrected chi connectivity index (χ1v) is 11.0. The number of amides is 1. The number of piperidine rings is 1. The molecule has 0 bridgehead atoms. The molecule has 2 aliphatic heterocycles. The Kier molecular flexibility index (Phi) is 5.29. The summed E-state index contributed by atoms with van der Waals surface area (Å²) in [5.41, 5.74) is 0.132. The highest BCUT2D eigenvalue weighted by Gasteiger charge is 2.49. The summed E-state index contributed by atoms with van der Waals surface area (Å²) < 4.78 is 28.2. The van der Waals surface area contributed by atoms with Gasteiger partial charge < -0.3 is 4.90 Å². The summed E-state index contributed by atoms with van der Waals surface area (Å²) in [5, 5.41) is 8.30. The van der Waals surface area contributed by atoms with E-state index in [0.29, 0.717) is 61.8 Å². The van der Waals surface area contributed by atoms with Gasteiger partial charge in [-0.2, -0.15) is 10.2 Å². The lowest BCUT2D eigenvalue weighted by atomic mass is 9.77. The molecule has 1 spiro atoms. The summed E-state index contributed by atoms with van der Waals surface area (Å²) in [6.07, 6.45) is 2.53. The van der Waals surface area contributed by atoms with E-state index in [9.17, 15) is 18.4 Å². The number of alkyl halides is 2. The molecule has 0 saturated carbocycles. The van der Waals surface area contributed by atoms with Crippen LogP contribution < -0.4 is 15.4 Å². The number of rotatable bonds is 5. The van der Waals surface area contributed by atoms with E-state index in [0.717, 1.165) is 6.42 Å². The highest BCUT2D eigenvalue weighted by molar-refractivity contribution is 5.99. The van der Waals surface area contributed by atoms with Crippen molar-refractivity contribution in [3.05, 3.63) is 34.9 Å². The molecule has 33 heavy (non-hydrogen) atoms. The predicted octanol–water partition coefficient (Wildman–Crippen LogP) is 1.69. The third-order valence-electron chi connectivity index (χ3n) is 6.63. The van der Waals surface area contributed by atoms with Gasteiger partial charge in [-0.05, 0) is 32.3 Å². The standard InChI is InChI=1S/C21H24F2N8O2/c1-2-30-18(32)4-3-16(27-30)29-10-7-21(20(29)33)5-8-28(9-6-21)17-12-24-14-11-25-31(13-15(22)23)19(14)26-17/h3-4,11-12,15H,2,5-10,13H2,1H3. The molecule has 0 N–H and O–H groups in total. The van der Waals surface area contributed by atoms with E-state index in [2.05, 4.69) is 20.2 Å². The third-order valence-corrected chi connectivity index (χ3v) is 6.63. The molecule has 0 radical (unpaired) electrons. The SMILES string of the molecule is CCn1nc(N2CCC3(CCN(c4cnc5cnn(CC(F)F)c5n4)CC3)C2=O)ccc1=O. The third kappa shape index (κ3) is 3.72. The fourth-order valence-corrected chi connectivity index (χ4v) is 4.73. The number of hydrogen-bond donors (Lipinski definition) is 0. The molecule has 10 nitrogen and oxygen atoms in total. The largest absolute Gasteiger partial charge is 0.355 e. The molecule has 0 aliphatic carbocycles. The summed E-state index contributed by atoms with van der Waals surface area (Å²) >= 11 is 0. The average molecular weight is 458 g/mol. The summed E-state index contributed by atoms with van der Waals surface area (Å²) in [4.78, 5) is 37.8. The minimum Gasteiger partial charge on any atom is -0.355 e. The van der Waals surface area contributed by atoms with E-state index in [1.165, 1.54) is 21.6 Å². The molecule has 2 fully saturated rings.